The summed E-state index contributed by atoms with van der Waals surface area (Å²) in [6, 6.07) is 5.10. The number of phenols is 1. The van der Waals surface area contributed by atoms with Crippen LogP contribution in [0.2, 0.25) is 0 Å². The van der Waals surface area contributed by atoms with Crippen molar-refractivity contribution < 1.29 is 9.84 Å². The van der Waals surface area contributed by atoms with Crippen LogP contribution < -0.4 is 10.5 Å². The predicted molar refractivity (Wildman–Crippen MR) is 57.5 cm³/mol. The molecule has 1 aromatic rings. The summed E-state index contributed by atoms with van der Waals surface area (Å²) in [5.41, 5.74) is 6.32. The van der Waals surface area contributed by atoms with Gasteiger partial charge in [-0.05, 0) is 17.7 Å². The highest BCUT2D eigenvalue weighted by Gasteiger charge is 2.09. The first-order valence-electron chi connectivity index (χ1n) is 4.40. The van der Waals surface area contributed by atoms with Gasteiger partial charge in [-0.25, -0.2) is 0 Å². The molecule has 0 aromatic heterocycles. The van der Waals surface area contributed by atoms with Gasteiger partial charge in [0.2, 0.25) is 0 Å². The maximum absolute atomic E-state index is 9.56. The highest BCUT2D eigenvalue weighted by molar-refractivity contribution is 5.61. The van der Waals surface area contributed by atoms with Crippen LogP contribution in [-0.2, 0) is 0 Å². The minimum atomic E-state index is -0.0479. The average Bonchev–Trinajstić information content (AvgIpc) is 2.25. The van der Waals surface area contributed by atoms with Gasteiger partial charge in [-0.2, -0.15) is 5.26 Å². The van der Waals surface area contributed by atoms with E-state index >= 15 is 0 Å². The molecule has 0 atom stereocenters. The molecule has 4 heteroatoms. The first-order valence-corrected chi connectivity index (χ1v) is 4.40. The Balaban J connectivity index is 3.21. The van der Waals surface area contributed by atoms with Gasteiger partial charge in [-0.3, -0.25) is 0 Å². The van der Waals surface area contributed by atoms with Gasteiger partial charge in [0, 0.05) is 6.54 Å². The second-order valence-electron chi connectivity index (χ2n) is 2.87. The third-order valence-corrected chi connectivity index (χ3v) is 1.86. The Morgan fingerprint density at radius 3 is 2.87 bits per heavy atom. The van der Waals surface area contributed by atoms with Crippen LogP contribution in [0.15, 0.2) is 18.2 Å². The molecule has 0 aliphatic carbocycles. The summed E-state index contributed by atoms with van der Waals surface area (Å²) >= 11 is 0. The number of ether oxygens (including phenoxy) is 1. The quantitative estimate of drug-likeness (QED) is 0.776. The van der Waals surface area contributed by atoms with Crippen LogP contribution in [0.4, 0.5) is 0 Å². The molecule has 0 unspecified atom stereocenters. The van der Waals surface area contributed by atoms with E-state index in [9.17, 15) is 5.11 Å². The van der Waals surface area contributed by atoms with Gasteiger partial charge in [0.05, 0.1) is 12.7 Å². The zero-order valence-electron chi connectivity index (χ0n) is 8.40. The SMILES string of the molecule is COc1c(O)cc(/C=C/CN)cc1C#N. The third-order valence-electron chi connectivity index (χ3n) is 1.86. The molecule has 0 saturated heterocycles. The Morgan fingerprint density at radius 2 is 2.33 bits per heavy atom. The summed E-state index contributed by atoms with van der Waals surface area (Å²) in [5, 5.41) is 18.4. The summed E-state index contributed by atoms with van der Waals surface area (Å²) in [4.78, 5) is 0. The molecular weight excluding hydrogens is 192 g/mol. The summed E-state index contributed by atoms with van der Waals surface area (Å²) in [6.45, 7) is 0.411. The molecule has 0 heterocycles. The third kappa shape index (κ3) is 2.48. The fraction of sp³-hybridized carbons (Fsp3) is 0.182. The minimum Gasteiger partial charge on any atom is -0.504 e. The molecule has 78 valence electrons. The number of phenolic OH excluding ortho intramolecular Hbond substituents is 1. The maximum Gasteiger partial charge on any atom is 0.178 e. The molecular formula is C11H12N2O2. The highest BCUT2D eigenvalue weighted by atomic mass is 16.5. The van der Waals surface area contributed by atoms with Gasteiger partial charge < -0.3 is 15.6 Å². The van der Waals surface area contributed by atoms with Crippen molar-refractivity contribution in [3.63, 3.8) is 0 Å². The van der Waals surface area contributed by atoms with Gasteiger partial charge in [0.25, 0.3) is 0 Å². The Hall–Kier alpha value is -1.99. The van der Waals surface area contributed by atoms with Crippen molar-refractivity contribution >= 4 is 6.08 Å². The number of aromatic hydroxyl groups is 1. The monoisotopic (exact) mass is 204 g/mol. The minimum absolute atomic E-state index is 0.0479. The molecule has 0 aliphatic rings. The van der Waals surface area contributed by atoms with Crippen molar-refractivity contribution in [2.75, 3.05) is 13.7 Å². The van der Waals surface area contributed by atoms with E-state index in [0.29, 0.717) is 12.1 Å². The second kappa shape index (κ2) is 5.03. The number of hydrogen-bond acceptors (Lipinski definition) is 4. The van der Waals surface area contributed by atoms with E-state index < -0.39 is 0 Å². The number of methoxy groups -OCH3 is 1. The first kappa shape index (κ1) is 11.1. The normalized spacial score (nSPS) is 10.2. The number of hydrogen-bond donors (Lipinski definition) is 2. The Bertz CT molecular complexity index is 419. The lowest BCUT2D eigenvalue weighted by Gasteiger charge is -2.06. The van der Waals surface area contributed by atoms with Crippen LogP contribution in [0.1, 0.15) is 11.1 Å². The second-order valence-corrected chi connectivity index (χ2v) is 2.87. The maximum atomic E-state index is 9.56. The van der Waals surface area contributed by atoms with Gasteiger partial charge >= 0.3 is 0 Å². The van der Waals surface area contributed by atoms with Crippen LogP contribution in [0.25, 0.3) is 6.08 Å². The van der Waals surface area contributed by atoms with E-state index in [1.54, 1.807) is 18.2 Å². The van der Waals surface area contributed by atoms with E-state index in [1.807, 2.05) is 6.07 Å². The van der Waals surface area contributed by atoms with Crippen molar-refractivity contribution in [1.82, 2.24) is 0 Å². The number of nitriles is 1. The van der Waals surface area contributed by atoms with Crippen molar-refractivity contribution in [2.24, 2.45) is 5.73 Å². The molecule has 0 bridgehead atoms. The fourth-order valence-corrected chi connectivity index (χ4v) is 1.23. The van der Waals surface area contributed by atoms with Crippen LogP contribution in [0, 0.1) is 11.3 Å². The summed E-state index contributed by atoms with van der Waals surface area (Å²) in [7, 11) is 1.41. The average molecular weight is 204 g/mol. The largest absolute Gasteiger partial charge is 0.504 e. The molecule has 0 aliphatic heterocycles. The van der Waals surface area contributed by atoms with E-state index in [0.717, 1.165) is 5.56 Å². The van der Waals surface area contributed by atoms with Gasteiger partial charge in [0.15, 0.2) is 11.5 Å². The molecule has 0 amide bonds. The molecule has 0 radical (unpaired) electrons. The number of nitrogens with two attached hydrogens (primary N) is 1. The van der Waals surface area contributed by atoms with Gasteiger partial charge in [-0.1, -0.05) is 12.2 Å². The van der Waals surface area contributed by atoms with Crippen molar-refractivity contribution in [2.45, 2.75) is 0 Å². The van der Waals surface area contributed by atoms with Crippen molar-refractivity contribution in [3.05, 3.63) is 29.3 Å². The number of benzene rings is 1. The lowest BCUT2D eigenvalue weighted by atomic mass is 10.1. The smallest absolute Gasteiger partial charge is 0.178 e. The molecule has 4 nitrogen and oxygen atoms in total. The fourth-order valence-electron chi connectivity index (χ4n) is 1.23. The molecule has 1 rings (SSSR count). The molecule has 3 N–H and O–H groups in total. The lowest BCUT2D eigenvalue weighted by Crippen LogP contribution is -1.93. The van der Waals surface area contributed by atoms with Crippen LogP contribution in [0.5, 0.6) is 11.5 Å². The summed E-state index contributed by atoms with van der Waals surface area (Å²) in [5.74, 6) is 0.149. The molecule has 15 heavy (non-hydrogen) atoms. The zero-order chi connectivity index (χ0) is 11.3. The standard InChI is InChI=1S/C11H12N2O2/c1-15-11-9(7-13)5-8(3-2-4-12)6-10(11)14/h2-3,5-6,14H,4,12H2,1H3/b3-2+. The number of nitrogens with zero attached hydrogens (tertiary/aromatic N) is 1. The first-order chi connectivity index (χ1) is 7.22. The Labute approximate surface area is 88.2 Å². The predicted octanol–water partition coefficient (Wildman–Crippen LogP) is 1.24. The highest BCUT2D eigenvalue weighted by Crippen LogP contribution is 2.31. The van der Waals surface area contributed by atoms with Gasteiger partial charge in [0.1, 0.15) is 6.07 Å². The van der Waals surface area contributed by atoms with E-state index in [1.165, 1.54) is 13.2 Å². The molecule has 0 saturated carbocycles. The zero-order valence-corrected chi connectivity index (χ0v) is 8.40. The Kier molecular flexibility index (Phi) is 3.72. The van der Waals surface area contributed by atoms with Crippen LogP contribution in [-0.4, -0.2) is 18.8 Å². The van der Waals surface area contributed by atoms with Crippen LogP contribution in [0.3, 0.4) is 0 Å². The van der Waals surface area contributed by atoms with Crippen LogP contribution >= 0.6 is 0 Å². The van der Waals surface area contributed by atoms with Crippen molar-refractivity contribution in [3.8, 4) is 17.6 Å². The van der Waals surface area contributed by atoms with E-state index in [-0.39, 0.29) is 11.5 Å². The van der Waals surface area contributed by atoms with Gasteiger partial charge in [-0.15, -0.1) is 0 Å². The molecule has 1 aromatic carbocycles. The van der Waals surface area contributed by atoms with E-state index in [4.69, 9.17) is 15.7 Å². The topological polar surface area (TPSA) is 79.3 Å². The summed E-state index contributed by atoms with van der Waals surface area (Å²) < 4.78 is 4.91. The Morgan fingerprint density at radius 1 is 1.60 bits per heavy atom. The number of rotatable bonds is 3. The molecule has 0 fully saturated rings. The summed E-state index contributed by atoms with van der Waals surface area (Å²) in [6.07, 6.45) is 3.47. The van der Waals surface area contributed by atoms with Crippen molar-refractivity contribution in [1.29, 1.82) is 5.26 Å². The molecule has 0 spiro atoms. The van der Waals surface area contributed by atoms with E-state index in [2.05, 4.69) is 0 Å². The lowest BCUT2D eigenvalue weighted by molar-refractivity contribution is 0.372.